The molecule has 0 bridgehead atoms. The van der Waals surface area contributed by atoms with Crippen LogP contribution in [0.15, 0.2) is 243 Å². The van der Waals surface area contributed by atoms with Crippen LogP contribution in [0.25, 0.3) is 0 Å². The summed E-state index contributed by atoms with van der Waals surface area (Å²) in [4.78, 5) is 0. The van der Waals surface area contributed by atoms with Crippen LogP contribution in [0.5, 0.6) is 0 Å². The third-order valence-corrected chi connectivity index (χ3v) is 7.52. The van der Waals surface area contributed by atoms with Crippen LogP contribution in [0.3, 0.4) is 0 Å². The fourth-order valence-electron chi connectivity index (χ4n) is 4.28. The molecule has 0 saturated heterocycles. The van der Waals surface area contributed by atoms with Crippen LogP contribution < -0.4 is 0 Å². The van der Waals surface area contributed by atoms with E-state index in [0.717, 1.165) is 114 Å². The quantitative estimate of drug-likeness (QED) is 0.0672. The van der Waals surface area contributed by atoms with E-state index in [1.807, 2.05) is 146 Å². The van der Waals surface area contributed by atoms with Crippen LogP contribution in [0.4, 0.5) is 0 Å². The van der Waals surface area contributed by atoms with Crippen molar-refractivity contribution in [1.29, 1.82) is 0 Å². The van der Waals surface area contributed by atoms with Gasteiger partial charge >= 0.3 is 0 Å². The highest BCUT2D eigenvalue weighted by Crippen LogP contribution is 1.96. The summed E-state index contributed by atoms with van der Waals surface area (Å²) in [6.07, 6.45) is 0. The van der Waals surface area contributed by atoms with Crippen molar-refractivity contribution in [1.82, 2.24) is 0 Å². The number of aliphatic hydroxyl groups is 16. The van der Waals surface area contributed by atoms with Gasteiger partial charge in [0.15, 0.2) is 0 Å². The molecule has 0 heterocycles. The molecule has 0 amide bonds. The highest BCUT2D eigenvalue weighted by molar-refractivity contribution is 5.16. The summed E-state index contributed by atoms with van der Waals surface area (Å²) >= 11 is 0. The Hall–Kier alpha value is -6.88. The maximum Gasteiger partial charge on any atom is 0.0319 e. The number of benzene rings is 8. The predicted molar refractivity (Wildman–Crippen MR) is 380 cm³/mol. The summed E-state index contributed by atoms with van der Waals surface area (Å²) in [6, 6.07) is 82.1. The molecule has 0 aliphatic rings. The van der Waals surface area contributed by atoms with Crippen molar-refractivity contribution in [3.05, 3.63) is 287 Å². The van der Waals surface area contributed by atoms with Crippen LogP contribution in [0, 0.1) is 55.4 Å². The van der Waals surface area contributed by atoms with E-state index in [1.54, 1.807) is 0 Å². The predicted octanol–water partition coefficient (Wildman–Crippen LogP) is 9.70. The van der Waals surface area contributed by atoms with Crippen molar-refractivity contribution >= 4 is 0 Å². The fraction of sp³-hybridized carbons (Fsp3) is 0.333. The summed E-state index contributed by atoms with van der Waals surface area (Å²) in [6.45, 7) is 16.7. The largest absolute Gasteiger partial charge is 0.400 e. The van der Waals surface area contributed by atoms with Crippen LogP contribution in [0.1, 0.15) is 44.5 Å². The third-order valence-electron chi connectivity index (χ3n) is 7.52. The Morgan fingerprint density at radius 1 is 0.102 bits per heavy atom. The fourth-order valence-corrected chi connectivity index (χ4v) is 4.28. The molecule has 16 heteroatoms. The van der Waals surface area contributed by atoms with Crippen molar-refractivity contribution in [2.75, 3.05) is 114 Å². The van der Waals surface area contributed by atoms with Crippen LogP contribution in [-0.2, 0) is 0 Å². The van der Waals surface area contributed by atoms with Gasteiger partial charge in [0.25, 0.3) is 0 Å². The van der Waals surface area contributed by atoms with E-state index in [0.29, 0.717) is 0 Å². The minimum Gasteiger partial charge on any atom is -0.400 e. The van der Waals surface area contributed by atoms with Crippen molar-refractivity contribution in [3.63, 3.8) is 0 Å². The van der Waals surface area contributed by atoms with Gasteiger partial charge in [0.2, 0.25) is 0 Å². The van der Waals surface area contributed by atoms with Crippen LogP contribution >= 0.6 is 0 Å². The van der Waals surface area contributed by atoms with Gasteiger partial charge in [-0.15, -0.1) is 0 Å². The molecule has 0 atom stereocenters. The molecule has 0 fully saturated rings. The Bertz CT molecular complexity index is 1550. The molecule has 16 nitrogen and oxygen atoms in total. The summed E-state index contributed by atoms with van der Waals surface area (Å²) in [5, 5.41) is 112. The molecule has 512 valence electrons. The molecule has 0 aliphatic heterocycles. The normalized spacial score (nSPS) is 6.64. The monoisotopic (exact) mass is 1250 g/mol. The zero-order valence-corrected chi connectivity index (χ0v) is 58.2. The average Bonchev–Trinajstić information content (AvgIpc) is 3.64. The standard InChI is InChI=1S/8C7H8.16CH4O/c8*1-7-5-3-2-4-6-7;16*1-2/h8*2-6H,1H3;16*2H,1H3. The molecular formula is C72H128O16. The van der Waals surface area contributed by atoms with E-state index < -0.39 is 0 Å². The molecule has 0 unspecified atom stereocenters. The van der Waals surface area contributed by atoms with Gasteiger partial charge in [0.05, 0.1) is 0 Å². The third kappa shape index (κ3) is 148. The molecule has 0 radical (unpaired) electrons. The number of rotatable bonds is 0. The second-order valence-electron chi connectivity index (χ2n) is 13.2. The highest BCUT2D eigenvalue weighted by atomic mass is 16.3. The lowest BCUT2D eigenvalue weighted by Crippen LogP contribution is -1.62. The molecule has 88 heavy (non-hydrogen) atoms. The Morgan fingerprint density at radius 2 is 0.148 bits per heavy atom. The molecule has 0 aromatic heterocycles. The van der Waals surface area contributed by atoms with Crippen LogP contribution in [-0.4, -0.2) is 195 Å². The first-order valence-corrected chi connectivity index (χ1v) is 26.4. The number of hydrogen-bond acceptors (Lipinski definition) is 16. The second kappa shape index (κ2) is 154. The minimum atomic E-state index is 1.00. The Balaban J connectivity index is -0.0000000451. The van der Waals surface area contributed by atoms with Crippen molar-refractivity contribution in [2.45, 2.75) is 55.4 Å². The Kier molecular flexibility index (Phi) is 215. The van der Waals surface area contributed by atoms with Crippen LogP contribution in [0.2, 0.25) is 0 Å². The van der Waals surface area contributed by atoms with Gasteiger partial charge in [-0.1, -0.05) is 287 Å². The van der Waals surface area contributed by atoms with Gasteiger partial charge < -0.3 is 81.7 Å². The first-order chi connectivity index (χ1) is 43.2. The zero-order chi connectivity index (χ0) is 72.9. The van der Waals surface area contributed by atoms with E-state index >= 15 is 0 Å². The molecular weight excluding hydrogens is 1120 g/mol. The smallest absolute Gasteiger partial charge is 0.0319 e. The lowest BCUT2D eigenvalue weighted by atomic mass is 10.2. The van der Waals surface area contributed by atoms with Crippen molar-refractivity contribution < 1.29 is 81.7 Å². The van der Waals surface area contributed by atoms with Crippen molar-refractivity contribution in [3.8, 4) is 0 Å². The van der Waals surface area contributed by atoms with E-state index in [-0.39, 0.29) is 0 Å². The molecule has 8 aromatic rings. The van der Waals surface area contributed by atoms with Gasteiger partial charge in [-0.05, 0) is 55.4 Å². The Labute approximate surface area is 535 Å². The van der Waals surface area contributed by atoms with E-state index in [4.69, 9.17) is 81.7 Å². The molecule has 8 rings (SSSR count). The van der Waals surface area contributed by atoms with Gasteiger partial charge in [0, 0.05) is 114 Å². The number of aryl methyl sites for hydroxylation is 8. The molecule has 16 N–H and O–H groups in total. The lowest BCUT2D eigenvalue weighted by Gasteiger charge is -1.82. The summed E-state index contributed by atoms with van der Waals surface area (Å²) in [5.74, 6) is 0. The van der Waals surface area contributed by atoms with E-state index in [9.17, 15) is 0 Å². The van der Waals surface area contributed by atoms with Gasteiger partial charge in [-0.3, -0.25) is 0 Å². The summed E-state index contributed by atoms with van der Waals surface area (Å²) in [7, 11) is 16.0. The van der Waals surface area contributed by atoms with Gasteiger partial charge in [0.1, 0.15) is 0 Å². The number of aliphatic hydroxyl groups excluding tert-OH is 16. The summed E-state index contributed by atoms with van der Waals surface area (Å²) < 4.78 is 0. The molecule has 0 saturated carbocycles. The molecule has 0 spiro atoms. The zero-order valence-electron chi connectivity index (χ0n) is 58.2. The maximum absolute atomic E-state index is 7.00. The number of hydrogen-bond donors (Lipinski definition) is 16. The summed E-state index contributed by atoms with van der Waals surface area (Å²) in [5.41, 5.74) is 10.6. The van der Waals surface area contributed by atoms with E-state index in [1.165, 1.54) is 44.5 Å². The molecule has 0 aliphatic carbocycles. The van der Waals surface area contributed by atoms with E-state index in [2.05, 4.69) is 152 Å². The average molecular weight is 1250 g/mol. The lowest BCUT2D eigenvalue weighted by molar-refractivity contribution is 0.399. The minimum absolute atomic E-state index is 1.00. The highest BCUT2D eigenvalue weighted by Gasteiger charge is 1.76. The van der Waals surface area contributed by atoms with Gasteiger partial charge in [-0.2, -0.15) is 0 Å². The first kappa shape index (κ1) is 123. The Morgan fingerprint density at radius 3 is 0.170 bits per heavy atom. The second-order valence-corrected chi connectivity index (χ2v) is 13.2. The SMILES string of the molecule is CO.CO.CO.CO.CO.CO.CO.CO.CO.CO.CO.CO.CO.CO.CO.CO.Cc1ccccc1.Cc1ccccc1.Cc1ccccc1.Cc1ccccc1.Cc1ccccc1.Cc1ccccc1.Cc1ccccc1.Cc1ccccc1. The maximum atomic E-state index is 7.00. The molecule has 8 aromatic carbocycles. The topological polar surface area (TPSA) is 324 Å². The van der Waals surface area contributed by atoms with Gasteiger partial charge in [-0.25, -0.2) is 0 Å². The first-order valence-electron chi connectivity index (χ1n) is 26.4. The van der Waals surface area contributed by atoms with Crippen molar-refractivity contribution in [2.24, 2.45) is 0 Å².